The predicted molar refractivity (Wildman–Crippen MR) is 145 cm³/mol. The summed E-state index contributed by atoms with van der Waals surface area (Å²) in [4.78, 5) is 47.7. The van der Waals surface area contributed by atoms with E-state index >= 15 is 0 Å². The van der Waals surface area contributed by atoms with Gasteiger partial charge in [-0.05, 0) is 66.2 Å². The van der Waals surface area contributed by atoms with Crippen molar-refractivity contribution < 1.29 is 28.9 Å². The maximum Gasteiger partial charge on any atom is 0.318 e. The Bertz CT molecular complexity index is 1550. The van der Waals surface area contributed by atoms with Gasteiger partial charge in [0.2, 0.25) is 5.75 Å². The van der Waals surface area contributed by atoms with Crippen LogP contribution in [0.4, 0.5) is 16.2 Å². The maximum atomic E-state index is 13.0. The minimum absolute atomic E-state index is 0.0248. The van der Waals surface area contributed by atoms with Crippen LogP contribution in [0.25, 0.3) is 6.08 Å². The molecule has 1 aliphatic heterocycles. The summed E-state index contributed by atoms with van der Waals surface area (Å²) in [5, 5.41) is 22.8. The Balaban J connectivity index is 1.60. The molecule has 0 atom stereocenters. The molecule has 39 heavy (non-hydrogen) atoms. The Hall–Kier alpha value is -4.13. The number of carbonyl (C=O) groups excluding carboxylic acids is 2. The molecule has 0 spiro atoms. The lowest BCUT2D eigenvalue weighted by molar-refractivity contribution is -0.394. The third-order valence-electron chi connectivity index (χ3n) is 5.35. The lowest BCUT2D eigenvalue weighted by Crippen LogP contribution is -2.27. The Morgan fingerprint density at radius 3 is 2.36 bits per heavy atom. The number of ether oxygens (including phenoxy) is 2. The molecule has 1 heterocycles. The average Bonchev–Trinajstić information content (AvgIpc) is 3.14. The summed E-state index contributed by atoms with van der Waals surface area (Å²) < 4.78 is 11.3. The van der Waals surface area contributed by atoms with Gasteiger partial charge >= 0.3 is 5.69 Å². The van der Waals surface area contributed by atoms with Crippen molar-refractivity contribution in [2.75, 3.05) is 6.61 Å². The molecule has 1 aliphatic rings. The summed E-state index contributed by atoms with van der Waals surface area (Å²) in [6, 6.07) is 12.4. The van der Waals surface area contributed by atoms with Crippen molar-refractivity contribution in [1.29, 1.82) is 0 Å². The van der Waals surface area contributed by atoms with E-state index in [2.05, 4.69) is 0 Å². The zero-order valence-electron chi connectivity index (χ0n) is 20.0. The van der Waals surface area contributed by atoms with E-state index in [1.54, 1.807) is 31.2 Å². The maximum absolute atomic E-state index is 13.0. The number of carbonyl (C=O) groups is 2. The van der Waals surface area contributed by atoms with Gasteiger partial charge in [0.15, 0.2) is 11.5 Å². The van der Waals surface area contributed by atoms with E-state index < -0.39 is 32.4 Å². The highest BCUT2D eigenvalue weighted by Gasteiger charge is 2.35. The number of nitrogens with zero attached hydrogens (tertiary/aromatic N) is 3. The molecule has 0 N–H and O–H groups in total. The lowest BCUT2D eigenvalue weighted by atomic mass is 10.1. The highest BCUT2D eigenvalue weighted by molar-refractivity contribution is 8.18. The summed E-state index contributed by atoms with van der Waals surface area (Å²) in [6.45, 7) is 1.92. The van der Waals surface area contributed by atoms with Gasteiger partial charge in [0.1, 0.15) is 0 Å². The molecule has 1 fully saturated rings. The van der Waals surface area contributed by atoms with Gasteiger partial charge in [-0.1, -0.05) is 35.3 Å². The topological polar surface area (TPSA) is 142 Å². The quantitative estimate of drug-likeness (QED) is 0.143. The van der Waals surface area contributed by atoms with Crippen LogP contribution in [-0.4, -0.2) is 32.5 Å². The van der Waals surface area contributed by atoms with E-state index in [1.807, 2.05) is 0 Å². The monoisotopic (exact) mass is 589 g/mol. The molecule has 0 aromatic heterocycles. The van der Waals surface area contributed by atoms with Gasteiger partial charge in [-0.2, -0.15) is 0 Å². The Morgan fingerprint density at radius 1 is 0.949 bits per heavy atom. The van der Waals surface area contributed by atoms with Crippen LogP contribution < -0.4 is 9.47 Å². The first-order valence-electron chi connectivity index (χ1n) is 11.1. The van der Waals surface area contributed by atoms with E-state index in [0.717, 1.165) is 34.9 Å². The summed E-state index contributed by atoms with van der Waals surface area (Å²) in [7, 11) is 0. The van der Waals surface area contributed by atoms with Gasteiger partial charge in [-0.15, -0.1) is 0 Å². The molecule has 200 valence electrons. The number of hydrogen-bond acceptors (Lipinski definition) is 9. The highest BCUT2D eigenvalue weighted by Crippen LogP contribution is 2.40. The van der Waals surface area contributed by atoms with Crippen LogP contribution in [0.15, 0.2) is 59.5 Å². The summed E-state index contributed by atoms with van der Waals surface area (Å²) in [6.07, 6.45) is 1.51. The third kappa shape index (κ3) is 6.30. The van der Waals surface area contributed by atoms with Crippen molar-refractivity contribution in [3.05, 3.63) is 101 Å². The van der Waals surface area contributed by atoms with Crippen molar-refractivity contribution in [2.24, 2.45) is 0 Å². The molecule has 2 amide bonds. The molecule has 0 saturated carbocycles. The van der Waals surface area contributed by atoms with Crippen LogP contribution in [0.3, 0.4) is 0 Å². The molecular formula is C25H17Cl2N3O8S. The third-order valence-corrected chi connectivity index (χ3v) is 6.85. The second kappa shape index (κ2) is 11.7. The van der Waals surface area contributed by atoms with Crippen LogP contribution in [0.2, 0.25) is 10.0 Å². The first-order chi connectivity index (χ1) is 18.6. The second-order valence-electron chi connectivity index (χ2n) is 7.91. The van der Waals surface area contributed by atoms with Crippen molar-refractivity contribution in [1.82, 2.24) is 4.90 Å². The normalized spacial score (nSPS) is 14.1. The zero-order valence-corrected chi connectivity index (χ0v) is 22.3. The first kappa shape index (κ1) is 27.9. The van der Waals surface area contributed by atoms with Crippen molar-refractivity contribution in [2.45, 2.75) is 13.5 Å². The smallest absolute Gasteiger partial charge is 0.318 e. The van der Waals surface area contributed by atoms with E-state index in [0.29, 0.717) is 21.2 Å². The number of nitro groups is 2. The second-order valence-corrected chi connectivity index (χ2v) is 9.75. The van der Waals surface area contributed by atoms with Gasteiger partial charge < -0.3 is 9.47 Å². The number of amides is 2. The van der Waals surface area contributed by atoms with Crippen molar-refractivity contribution >= 4 is 63.6 Å². The predicted octanol–water partition coefficient (Wildman–Crippen LogP) is 7.24. The highest BCUT2D eigenvalue weighted by atomic mass is 35.5. The summed E-state index contributed by atoms with van der Waals surface area (Å²) in [5.74, 6) is -0.417. The van der Waals surface area contributed by atoms with E-state index in [9.17, 15) is 29.8 Å². The van der Waals surface area contributed by atoms with Gasteiger partial charge in [-0.3, -0.25) is 34.7 Å². The molecule has 3 aromatic rings. The molecule has 4 rings (SSSR count). The molecule has 0 bridgehead atoms. The Labute approximate surface area is 235 Å². The Morgan fingerprint density at radius 2 is 1.69 bits per heavy atom. The molecule has 0 unspecified atom stereocenters. The van der Waals surface area contributed by atoms with Gasteiger partial charge in [0, 0.05) is 16.1 Å². The number of benzene rings is 3. The average molecular weight is 590 g/mol. The van der Waals surface area contributed by atoms with Crippen LogP contribution in [0.1, 0.15) is 18.1 Å². The number of halogens is 2. The van der Waals surface area contributed by atoms with Crippen molar-refractivity contribution in [3.8, 4) is 17.2 Å². The molecule has 11 nitrogen and oxygen atoms in total. The van der Waals surface area contributed by atoms with Gasteiger partial charge in [0.05, 0.1) is 34.0 Å². The first-order valence-corrected chi connectivity index (χ1v) is 12.7. The number of non-ortho nitro benzene ring substituents is 1. The minimum Gasteiger partial charge on any atom is -0.490 e. The van der Waals surface area contributed by atoms with Crippen LogP contribution in [0.5, 0.6) is 17.2 Å². The fourth-order valence-electron chi connectivity index (χ4n) is 3.54. The summed E-state index contributed by atoms with van der Waals surface area (Å²) >= 11 is 12.9. The number of thioether (sulfide) groups is 1. The summed E-state index contributed by atoms with van der Waals surface area (Å²) in [5.41, 5.74) is 0.0102. The number of hydrogen-bond donors (Lipinski definition) is 0. The van der Waals surface area contributed by atoms with Crippen LogP contribution >= 0.6 is 35.0 Å². The van der Waals surface area contributed by atoms with Gasteiger partial charge in [-0.25, -0.2) is 0 Å². The van der Waals surface area contributed by atoms with E-state index in [4.69, 9.17) is 32.7 Å². The SMILES string of the molecule is CCOc1cc(/C=C2\SC(=O)N(Cc3ccc(Cl)cc3Cl)C2=O)ccc1Oc1ccc([N+](=O)[O-])cc1[N+](=O)[O-]. The number of imide groups is 1. The minimum atomic E-state index is -0.787. The largest absolute Gasteiger partial charge is 0.490 e. The zero-order chi connectivity index (χ0) is 28.3. The van der Waals surface area contributed by atoms with Crippen LogP contribution in [-0.2, 0) is 11.3 Å². The van der Waals surface area contributed by atoms with Crippen molar-refractivity contribution in [3.63, 3.8) is 0 Å². The fraction of sp³-hybridized carbons (Fsp3) is 0.120. The number of nitro benzene ring substituents is 2. The molecular weight excluding hydrogens is 573 g/mol. The molecule has 0 aliphatic carbocycles. The standard InChI is InChI=1S/C25H17Cl2N3O8S/c1-2-37-22-9-14(3-7-21(22)38-20-8-6-17(29(33)34)12-19(20)30(35)36)10-23-24(31)28(25(32)39-23)13-15-4-5-16(26)11-18(15)27/h3-12H,2,13H2,1H3/b23-10-. The number of rotatable bonds is 9. The molecule has 1 saturated heterocycles. The molecule has 14 heteroatoms. The lowest BCUT2D eigenvalue weighted by Gasteiger charge is -2.14. The molecule has 0 radical (unpaired) electrons. The van der Waals surface area contributed by atoms with E-state index in [-0.39, 0.29) is 35.3 Å². The van der Waals surface area contributed by atoms with E-state index in [1.165, 1.54) is 18.2 Å². The Kier molecular flexibility index (Phi) is 8.38. The van der Waals surface area contributed by atoms with Gasteiger partial charge in [0.25, 0.3) is 16.8 Å². The molecule has 3 aromatic carbocycles. The van der Waals surface area contributed by atoms with Crippen LogP contribution in [0, 0.1) is 20.2 Å². The fourth-order valence-corrected chi connectivity index (χ4v) is 4.85.